The average molecular weight is 224 g/mol. The molecule has 1 fully saturated rings. The second-order valence-electron chi connectivity index (χ2n) is 4.73. The Morgan fingerprint density at radius 1 is 1.50 bits per heavy atom. The van der Waals surface area contributed by atoms with Crippen LogP contribution in [0.4, 0.5) is 0 Å². The first-order valence-corrected chi connectivity index (χ1v) is 5.95. The lowest BCUT2D eigenvalue weighted by Crippen LogP contribution is -2.36. The largest absolute Gasteiger partial charge is 0.396 e. The summed E-state index contributed by atoms with van der Waals surface area (Å²) in [6, 6.07) is 0. The van der Waals surface area contributed by atoms with Crippen molar-refractivity contribution in [2.24, 2.45) is 5.92 Å². The molecular weight excluding hydrogens is 204 g/mol. The van der Waals surface area contributed by atoms with Crippen molar-refractivity contribution in [3.63, 3.8) is 0 Å². The van der Waals surface area contributed by atoms with Gasteiger partial charge in [0, 0.05) is 25.3 Å². The van der Waals surface area contributed by atoms with E-state index in [9.17, 15) is 5.11 Å². The highest BCUT2D eigenvalue weighted by Crippen LogP contribution is 2.20. The highest BCUT2D eigenvalue weighted by atomic mass is 16.5. The number of aromatic nitrogens is 1. The lowest BCUT2D eigenvalue weighted by molar-refractivity contribution is 0.115. The van der Waals surface area contributed by atoms with E-state index in [1.807, 2.05) is 13.8 Å². The summed E-state index contributed by atoms with van der Waals surface area (Å²) in [4.78, 5) is 2.39. The molecule has 0 saturated carbocycles. The molecule has 0 aromatic carbocycles. The summed E-state index contributed by atoms with van der Waals surface area (Å²) in [5, 5.41) is 13.2. The second-order valence-corrected chi connectivity index (χ2v) is 4.73. The van der Waals surface area contributed by atoms with Crippen LogP contribution in [0, 0.1) is 19.8 Å². The SMILES string of the molecule is Cc1noc(C)c1CN1CCC[C@@H](CO)C1. The summed E-state index contributed by atoms with van der Waals surface area (Å²) >= 11 is 0. The fraction of sp³-hybridized carbons (Fsp3) is 0.750. The van der Waals surface area contributed by atoms with Crippen LogP contribution in [0.5, 0.6) is 0 Å². The number of aryl methyl sites for hydroxylation is 2. The molecule has 1 aliphatic rings. The molecule has 1 aliphatic heterocycles. The van der Waals surface area contributed by atoms with Crippen LogP contribution >= 0.6 is 0 Å². The normalized spacial score (nSPS) is 22.6. The maximum Gasteiger partial charge on any atom is 0.138 e. The molecule has 0 bridgehead atoms. The Kier molecular flexibility index (Phi) is 3.61. The van der Waals surface area contributed by atoms with Gasteiger partial charge < -0.3 is 9.63 Å². The van der Waals surface area contributed by atoms with Crippen LogP contribution in [-0.2, 0) is 6.54 Å². The van der Waals surface area contributed by atoms with Crippen LogP contribution in [-0.4, -0.2) is 34.9 Å². The van der Waals surface area contributed by atoms with E-state index < -0.39 is 0 Å². The average Bonchev–Trinajstić information content (AvgIpc) is 2.61. The standard InChI is InChI=1S/C12H20N2O2/c1-9-12(10(2)16-13-9)7-14-5-3-4-11(6-14)8-15/h11,15H,3-8H2,1-2H3/t11-/m1/s1. The summed E-state index contributed by atoms with van der Waals surface area (Å²) in [5.74, 6) is 1.36. The van der Waals surface area contributed by atoms with E-state index in [0.29, 0.717) is 12.5 Å². The predicted octanol–water partition coefficient (Wildman–Crippen LogP) is 1.50. The van der Waals surface area contributed by atoms with Crippen LogP contribution in [0.2, 0.25) is 0 Å². The van der Waals surface area contributed by atoms with Crippen molar-refractivity contribution in [2.75, 3.05) is 19.7 Å². The lowest BCUT2D eigenvalue weighted by Gasteiger charge is -2.31. The minimum atomic E-state index is 0.304. The van der Waals surface area contributed by atoms with E-state index in [-0.39, 0.29) is 0 Å². The van der Waals surface area contributed by atoms with Gasteiger partial charge in [0.05, 0.1) is 5.69 Å². The van der Waals surface area contributed by atoms with Gasteiger partial charge >= 0.3 is 0 Å². The van der Waals surface area contributed by atoms with E-state index in [1.54, 1.807) is 0 Å². The zero-order valence-corrected chi connectivity index (χ0v) is 10.1. The molecule has 4 nitrogen and oxygen atoms in total. The van der Waals surface area contributed by atoms with Crippen LogP contribution < -0.4 is 0 Å². The van der Waals surface area contributed by atoms with Crippen molar-refractivity contribution in [3.8, 4) is 0 Å². The molecule has 1 saturated heterocycles. The fourth-order valence-corrected chi connectivity index (χ4v) is 2.40. The highest BCUT2D eigenvalue weighted by molar-refractivity contribution is 5.20. The monoisotopic (exact) mass is 224 g/mol. The summed E-state index contributed by atoms with van der Waals surface area (Å²) in [5.41, 5.74) is 2.20. The van der Waals surface area contributed by atoms with E-state index in [1.165, 1.54) is 12.0 Å². The first-order valence-electron chi connectivity index (χ1n) is 5.95. The van der Waals surface area contributed by atoms with Crippen LogP contribution in [0.3, 0.4) is 0 Å². The quantitative estimate of drug-likeness (QED) is 0.845. The van der Waals surface area contributed by atoms with Crippen molar-refractivity contribution in [1.29, 1.82) is 0 Å². The van der Waals surface area contributed by atoms with Crippen LogP contribution in [0.1, 0.15) is 29.9 Å². The Balaban J connectivity index is 1.99. The first-order chi connectivity index (χ1) is 7.70. The van der Waals surface area contributed by atoms with Crippen molar-refractivity contribution >= 4 is 0 Å². The molecule has 0 radical (unpaired) electrons. The third-order valence-electron chi connectivity index (χ3n) is 3.42. The van der Waals surface area contributed by atoms with E-state index in [4.69, 9.17) is 4.52 Å². The Labute approximate surface area is 96.2 Å². The predicted molar refractivity (Wildman–Crippen MR) is 61.1 cm³/mol. The van der Waals surface area contributed by atoms with Gasteiger partial charge in [0.15, 0.2) is 0 Å². The van der Waals surface area contributed by atoms with Gasteiger partial charge in [-0.15, -0.1) is 0 Å². The molecule has 2 heterocycles. The summed E-state index contributed by atoms with van der Waals surface area (Å²) in [7, 11) is 0. The fourth-order valence-electron chi connectivity index (χ4n) is 2.40. The molecule has 16 heavy (non-hydrogen) atoms. The molecule has 0 amide bonds. The van der Waals surface area contributed by atoms with Crippen LogP contribution in [0.25, 0.3) is 0 Å². The summed E-state index contributed by atoms with van der Waals surface area (Å²) in [6.07, 6.45) is 2.32. The Hall–Kier alpha value is -0.870. The van der Waals surface area contributed by atoms with Gasteiger partial charge in [0.2, 0.25) is 0 Å². The third-order valence-corrected chi connectivity index (χ3v) is 3.42. The van der Waals surface area contributed by atoms with Gasteiger partial charge in [-0.2, -0.15) is 0 Å². The van der Waals surface area contributed by atoms with Gasteiger partial charge in [-0.25, -0.2) is 0 Å². The van der Waals surface area contributed by atoms with E-state index >= 15 is 0 Å². The maximum atomic E-state index is 9.19. The zero-order chi connectivity index (χ0) is 11.5. The number of piperidine rings is 1. The molecule has 1 N–H and O–H groups in total. The molecule has 1 aromatic rings. The molecule has 0 spiro atoms. The Bertz CT molecular complexity index is 329. The van der Waals surface area contributed by atoms with Crippen LogP contribution in [0.15, 0.2) is 4.52 Å². The molecule has 90 valence electrons. The second kappa shape index (κ2) is 4.97. The third kappa shape index (κ3) is 2.44. The highest BCUT2D eigenvalue weighted by Gasteiger charge is 2.21. The zero-order valence-electron chi connectivity index (χ0n) is 10.1. The number of aliphatic hydroxyl groups is 1. The topological polar surface area (TPSA) is 49.5 Å². The number of nitrogens with zero attached hydrogens (tertiary/aromatic N) is 2. The van der Waals surface area contributed by atoms with Crippen molar-refractivity contribution in [3.05, 3.63) is 17.0 Å². The Morgan fingerprint density at radius 2 is 2.31 bits per heavy atom. The number of rotatable bonds is 3. The molecule has 1 aromatic heterocycles. The molecule has 4 heteroatoms. The molecule has 1 atom stereocenters. The smallest absolute Gasteiger partial charge is 0.138 e. The van der Waals surface area contributed by atoms with Crippen molar-refractivity contribution in [2.45, 2.75) is 33.2 Å². The molecule has 2 rings (SSSR count). The van der Waals surface area contributed by atoms with Gasteiger partial charge in [0.25, 0.3) is 0 Å². The number of hydrogen-bond acceptors (Lipinski definition) is 4. The lowest BCUT2D eigenvalue weighted by atomic mass is 9.98. The van der Waals surface area contributed by atoms with Crippen molar-refractivity contribution in [1.82, 2.24) is 10.1 Å². The van der Waals surface area contributed by atoms with E-state index in [2.05, 4.69) is 10.1 Å². The van der Waals surface area contributed by atoms with Gasteiger partial charge in [-0.1, -0.05) is 5.16 Å². The number of hydrogen-bond donors (Lipinski definition) is 1. The Morgan fingerprint density at radius 3 is 2.94 bits per heavy atom. The minimum Gasteiger partial charge on any atom is -0.396 e. The maximum absolute atomic E-state index is 9.19. The molecule has 0 unspecified atom stereocenters. The van der Waals surface area contributed by atoms with E-state index in [0.717, 1.165) is 37.5 Å². The molecule has 0 aliphatic carbocycles. The number of aliphatic hydroxyl groups excluding tert-OH is 1. The van der Waals surface area contributed by atoms with Gasteiger partial charge in [0.1, 0.15) is 5.76 Å². The number of likely N-dealkylation sites (tertiary alicyclic amines) is 1. The van der Waals surface area contributed by atoms with Gasteiger partial charge in [-0.05, 0) is 39.2 Å². The van der Waals surface area contributed by atoms with Crippen molar-refractivity contribution < 1.29 is 9.63 Å². The van der Waals surface area contributed by atoms with Gasteiger partial charge in [-0.3, -0.25) is 4.90 Å². The molecular formula is C12H20N2O2. The summed E-state index contributed by atoms with van der Waals surface area (Å²) < 4.78 is 5.16. The first kappa shape index (κ1) is 11.6. The minimum absolute atomic E-state index is 0.304. The summed E-state index contributed by atoms with van der Waals surface area (Å²) in [6.45, 7) is 7.25.